The Morgan fingerprint density at radius 2 is 0.769 bits per heavy atom. The zero-order valence-electron chi connectivity index (χ0n) is 19.3. The molecule has 26 heavy (non-hydrogen) atoms. The summed E-state index contributed by atoms with van der Waals surface area (Å²) in [5, 5.41) is 0. The van der Waals surface area contributed by atoms with Gasteiger partial charge in [0.1, 0.15) is 0 Å². The van der Waals surface area contributed by atoms with Gasteiger partial charge in [0.25, 0.3) is 0 Å². The summed E-state index contributed by atoms with van der Waals surface area (Å²) in [6.07, 6.45) is 19.7. The van der Waals surface area contributed by atoms with Crippen LogP contribution in [-0.4, -0.2) is 13.1 Å². The third-order valence-electron chi connectivity index (χ3n) is 6.84. The van der Waals surface area contributed by atoms with Gasteiger partial charge in [0, 0.05) is 0 Å². The second kappa shape index (κ2) is 16.2. The molecule has 0 aliphatic rings. The molecule has 0 aliphatic carbocycles. The van der Waals surface area contributed by atoms with Gasteiger partial charge in [0.05, 0.1) is 0 Å². The van der Waals surface area contributed by atoms with Crippen molar-refractivity contribution < 1.29 is 4.80 Å². The molecular weight excluding hydrogens is 332 g/mol. The molecule has 0 heterocycles. The van der Waals surface area contributed by atoms with Gasteiger partial charge in [-0.25, -0.2) is 0 Å². The Labute approximate surface area is 167 Å². The number of unbranched alkanes of at least 4 members (excludes halogenated alkanes) is 9. The molecule has 0 rings (SSSR count). The summed E-state index contributed by atoms with van der Waals surface area (Å²) >= 11 is 0. The van der Waals surface area contributed by atoms with Crippen molar-refractivity contribution in [2.24, 2.45) is 0 Å². The van der Waals surface area contributed by atoms with Gasteiger partial charge in [0.15, 0.2) is 8.32 Å². The molecule has 158 valence electrons. The fraction of sp³-hybridized carbons (Fsp3) is 1.00. The van der Waals surface area contributed by atoms with Crippen LogP contribution in [0.25, 0.3) is 0 Å². The Morgan fingerprint density at radius 3 is 1.00 bits per heavy atom. The molecule has 0 bridgehead atoms. The Bertz CT molecular complexity index is 259. The van der Waals surface area contributed by atoms with Gasteiger partial charge < -0.3 is 4.80 Å². The third kappa shape index (κ3) is 9.92. The van der Waals surface area contributed by atoms with Gasteiger partial charge in [-0.1, -0.05) is 138 Å². The molecule has 3 unspecified atom stereocenters. The van der Waals surface area contributed by atoms with E-state index in [-0.39, 0.29) is 0 Å². The second-order valence-corrected chi connectivity index (χ2v) is 13.9. The highest BCUT2D eigenvalue weighted by molar-refractivity contribution is 6.76. The topological polar surface area (TPSA) is 20.2 Å². The molecule has 0 spiro atoms. The van der Waals surface area contributed by atoms with Crippen LogP contribution in [0, 0.1) is 0 Å². The van der Waals surface area contributed by atoms with Crippen molar-refractivity contribution in [1.29, 1.82) is 0 Å². The molecular formula is C24H52OSi. The molecule has 2 heteroatoms. The van der Waals surface area contributed by atoms with E-state index in [1.807, 2.05) is 0 Å². The first-order chi connectivity index (χ1) is 12.4. The molecule has 0 radical (unpaired) electrons. The van der Waals surface area contributed by atoms with Gasteiger partial charge >= 0.3 is 0 Å². The summed E-state index contributed by atoms with van der Waals surface area (Å²) in [7, 11) is -2.24. The Kier molecular flexibility index (Phi) is 16.3. The van der Waals surface area contributed by atoms with Crippen LogP contribution in [0.1, 0.15) is 138 Å². The lowest BCUT2D eigenvalue weighted by Crippen LogP contribution is -2.47. The van der Waals surface area contributed by atoms with Crippen molar-refractivity contribution in [3.8, 4) is 0 Å². The first-order valence-corrected chi connectivity index (χ1v) is 14.3. The number of rotatable bonds is 18. The molecule has 1 N–H and O–H groups in total. The van der Waals surface area contributed by atoms with Crippen LogP contribution in [0.4, 0.5) is 0 Å². The van der Waals surface area contributed by atoms with E-state index >= 15 is 0 Å². The lowest BCUT2D eigenvalue weighted by Gasteiger charge is -2.42. The Balaban J connectivity index is 4.80. The van der Waals surface area contributed by atoms with Crippen LogP contribution in [0.5, 0.6) is 0 Å². The lowest BCUT2D eigenvalue weighted by molar-refractivity contribution is 0.421. The van der Waals surface area contributed by atoms with Gasteiger partial charge in [0.2, 0.25) is 0 Å². The zero-order chi connectivity index (χ0) is 19.8. The molecule has 0 fully saturated rings. The number of hydrogen-bond acceptors (Lipinski definition) is 1. The van der Waals surface area contributed by atoms with Crippen LogP contribution in [0.3, 0.4) is 0 Å². The normalized spacial score (nSPS) is 17.7. The monoisotopic (exact) mass is 384 g/mol. The van der Waals surface area contributed by atoms with Crippen LogP contribution in [0.15, 0.2) is 0 Å². The van der Waals surface area contributed by atoms with Crippen molar-refractivity contribution in [2.75, 3.05) is 0 Å². The summed E-state index contributed by atoms with van der Waals surface area (Å²) in [6.45, 7) is 14.0. The molecule has 1 nitrogen and oxygen atoms in total. The van der Waals surface area contributed by atoms with E-state index < -0.39 is 8.32 Å². The fourth-order valence-corrected chi connectivity index (χ4v) is 9.70. The number of hydrogen-bond donors (Lipinski definition) is 1. The zero-order valence-corrected chi connectivity index (χ0v) is 20.3. The predicted octanol–water partition coefficient (Wildman–Crippen LogP) is 9.01. The van der Waals surface area contributed by atoms with Crippen LogP contribution < -0.4 is 0 Å². The first-order valence-electron chi connectivity index (χ1n) is 12.2. The maximum Gasteiger partial charge on any atom is 0.196 e. The van der Waals surface area contributed by atoms with Crippen molar-refractivity contribution in [3.05, 3.63) is 0 Å². The molecule has 0 aromatic carbocycles. The third-order valence-corrected chi connectivity index (χ3v) is 12.4. The predicted molar refractivity (Wildman–Crippen MR) is 123 cm³/mol. The Morgan fingerprint density at radius 1 is 0.500 bits per heavy atom. The van der Waals surface area contributed by atoms with E-state index in [0.717, 1.165) is 0 Å². The maximum absolute atomic E-state index is 12.0. The van der Waals surface area contributed by atoms with E-state index in [0.29, 0.717) is 16.6 Å². The smallest absolute Gasteiger partial charge is 0.196 e. The van der Waals surface area contributed by atoms with Crippen molar-refractivity contribution in [3.63, 3.8) is 0 Å². The van der Waals surface area contributed by atoms with E-state index in [1.165, 1.54) is 96.3 Å². The summed E-state index contributed by atoms with van der Waals surface area (Å²) in [6, 6.07) is 0. The molecule has 0 saturated heterocycles. The van der Waals surface area contributed by atoms with Gasteiger partial charge in [-0.2, -0.15) is 0 Å². The first kappa shape index (κ1) is 26.2. The summed E-state index contributed by atoms with van der Waals surface area (Å²) in [4.78, 5) is 12.0. The van der Waals surface area contributed by atoms with E-state index in [2.05, 4.69) is 41.5 Å². The van der Waals surface area contributed by atoms with Crippen molar-refractivity contribution in [2.45, 2.75) is 154 Å². The second-order valence-electron chi connectivity index (χ2n) is 9.14. The Hall–Kier alpha value is 0.177. The van der Waals surface area contributed by atoms with E-state index in [4.69, 9.17) is 0 Å². The largest absolute Gasteiger partial charge is 0.431 e. The minimum Gasteiger partial charge on any atom is -0.431 e. The highest BCUT2D eigenvalue weighted by Crippen LogP contribution is 2.46. The average molecular weight is 385 g/mol. The molecule has 0 aromatic rings. The quantitative estimate of drug-likeness (QED) is 0.184. The van der Waals surface area contributed by atoms with Gasteiger partial charge in [-0.05, 0) is 16.6 Å². The fourth-order valence-electron chi connectivity index (χ4n) is 4.78. The van der Waals surface area contributed by atoms with Crippen LogP contribution >= 0.6 is 0 Å². The van der Waals surface area contributed by atoms with Crippen LogP contribution in [0.2, 0.25) is 16.6 Å². The average Bonchev–Trinajstić information content (AvgIpc) is 2.64. The van der Waals surface area contributed by atoms with Gasteiger partial charge in [-0.3, -0.25) is 0 Å². The summed E-state index contributed by atoms with van der Waals surface area (Å²) < 4.78 is 0. The highest BCUT2D eigenvalue weighted by Gasteiger charge is 2.46. The molecule has 3 atom stereocenters. The minimum atomic E-state index is -2.24. The maximum atomic E-state index is 12.0. The highest BCUT2D eigenvalue weighted by atomic mass is 28.4. The van der Waals surface area contributed by atoms with Gasteiger partial charge in [-0.15, -0.1) is 0 Å². The summed E-state index contributed by atoms with van der Waals surface area (Å²) in [5.41, 5.74) is 1.67. The van der Waals surface area contributed by atoms with E-state index in [1.54, 1.807) is 0 Å². The minimum absolute atomic E-state index is 0.557. The molecule has 0 aromatic heterocycles. The standard InChI is InChI=1S/C24H52OSi/c1-7-10-13-16-19-22(4)26(25,23(5)20-17-14-11-8-2)24(6)21-18-15-12-9-3/h22-25H,7-21H2,1-6H3. The summed E-state index contributed by atoms with van der Waals surface area (Å²) in [5.74, 6) is 0. The van der Waals surface area contributed by atoms with Crippen molar-refractivity contribution >= 4 is 8.32 Å². The SMILES string of the molecule is CCCCCCC(C)[Si](O)(C(C)CCCCCC)C(C)CCCCCC. The van der Waals surface area contributed by atoms with Crippen LogP contribution in [-0.2, 0) is 0 Å². The molecule has 0 amide bonds. The lowest BCUT2D eigenvalue weighted by atomic mass is 10.1. The molecule has 0 saturated carbocycles. The van der Waals surface area contributed by atoms with Crippen molar-refractivity contribution in [1.82, 2.24) is 0 Å². The van der Waals surface area contributed by atoms with E-state index in [9.17, 15) is 4.80 Å². The molecule has 0 aliphatic heterocycles.